The number of hydrogen-bond donors (Lipinski definition) is 0. The highest BCUT2D eigenvalue weighted by molar-refractivity contribution is 6.01. The minimum Gasteiger partial charge on any atom is -0.304 e. The van der Waals surface area contributed by atoms with Gasteiger partial charge < -0.3 is 4.90 Å². The molecule has 0 aliphatic heterocycles. The summed E-state index contributed by atoms with van der Waals surface area (Å²) in [4.78, 5) is 14.0. The quantitative estimate of drug-likeness (QED) is 0.757. The molecule has 0 N–H and O–H groups in total. The second-order valence-corrected chi connectivity index (χ2v) is 4.25. The molecule has 1 amide bonds. The van der Waals surface area contributed by atoms with Crippen molar-refractivity contribution >= 4 is 11.6 Å². The molecule has 0 atom stereocenters. The number of rotatable bonds is 4. The van der Waals surface area contributed by atoms with Crippen molar-refractivity contribution in [3.05, 3.63) is 78.4 Å². The number of para-hydroxylation sites is 1. The molecule has 0 unspecified atom stereocenters. The molecule has 0 aliphatic carbocycles. The van der Waals surface area contributed by atoms with Gasteiger partial charge in [-0.15, -0.1) is 0 Å². The lowest BCUT2D eigenvalue weighted by Gasteiger charge is -2.21. The van der Waals surface area contributed by atoms with E-state index in [0.29, 0.717) is 6.54 Å². The first kappa shape index (κ1) is 13.1. The second kappa shape index (κ2) is 6.55. The minimum atomic E-state index is -0.00227. The molecule has 96 valence electrons. The number of allylic oxidation sites excluding steroid dienone is 1. The van der Waals surface area contributed by atoms with E-state index in [0.717, 1.165) is 11.3 Å². The fourth-order valence-electron chi connectivity index (χ4n) is 1.90. The largest absolute Gasteiger partial charge is 0.304 e. The summed E-state index contributed by atoms with van der Waals surface area (Å²) >= 11 is 0. The SMILES string of the molecule is CC=CC(=O)N(Cc1ccccc1)c1ccccc1. The molecule has 2 nitrogen and oxygen atoms in total. The van der Waals surface area contributed by atoms with Gasteiger partial charge in [0.05, 0.1) is 6.54 Å². The predicted molar refractivity (Wildman–Crippen MR) is 78.9 cm³/mol. The van der Waals surface area contributed by atoms with E-state index in [4.69, 9.17) is 0 Å². The first-order chi connectivity index (χ1) is 9.31. The van der Waals surface area contributed by atoms with E-state index < -0.39 is 0 Å². The molecule has 0 aromatic heterocycles. The number of carbonyl (C=O) groups excluding carboxylic acids is 1. The van der Waals surface area contributed by atoms with Gasteiger partial charge in [-0.2, -0.15) is 0 Å². The molecule has 2 rings (SSSR count). The predicted octanol–water partition coefficient (Wildman–Crippen LogP) is 3.80. The fraction of sp³-hybridized carbons (Fsp3) is 0.118. The van der Waals surface area contributed by atoms with Gasteiger partial charge >= 0.3 is 0 Å². The average Bonchev–Trinajstić information content (AvgIpc) is 2.47. The molecule has 0 bridgehead atoms. The standard InChI is InChI=1S/C17H17NO/c1-2-9-17(19)18(16-12-7-4-8-13-16)14-15-10-5-3-6-11-15/h2-13H,14H2,1H3. The van der Waals surface area contributed by atoms with Crippen LogP contribution in [-0.2, 0) is 11.3 Å². The Morgan fingerprint density at radius 1 is 1.00 bits per heavy atom. The van der Waals surface area contributed by atoms with Crippen LogP contribution in [0.4, 0.5) is 5.69 Å². The van der Waals surface area contributed by atoms with Gasteiger partial charge in [0.2, 0.25) is 0 Å². The molecule has 2 aromatic carbocycles. The van der Waals surface area contributed by atoms with Crippen LogP contribution >= 0.6 is 0 Å². The lowest BCUT2D eigenvalue weighted by molar-refractivity contribution is -0.114. The lowest BCUT2D eigenvalue weighted by Crippen LogP contribution is -2.28. The Bertz CT molecular complexity index is 546. The molecule has 2 heteroatoms. The van der Waals surface area contributed by atoms with Crippen LogP contribution in [0.15, 0.2) is 72.8 Å². The van der Waals surface area contributed by atoms with Crippen molar-refractivity contribution in [2.45, 2.75) is 13.5 Å². The molecule has 0 saturated carbocycles. The van der Waals surface area contributed by atoms with Gasteiger partial charge in [0.15, 0.2) is 0 Å². The maximum atomic E-state index is 12.2. The highest BCUT2D eigenvalue weighted by Crippen LogP contribution is 2.17. The molecule has 0 saturated heterocycles. The third-order valence-electron chi connectivity index (χ3n) is 2.83. The number of anilines is 1. The number of benzene rings is 2. The van der Waals surface area contributed by atoms with E-state index >= 15 is 0 Å². The third kappa shape index (κ3) is 3.55. The van der Waals surface area contributed by atoms with Crippen molar-refractivity contribution in [3.8, 4) is 0 Å². The Kier molecular flexibility index (Phi) is 4.51. The Morgan fingerprint density at radius 3 is 2.16 bits per heavy atom. The summed E-state index contributed by atoms with van der Waals surface area (Å²) in [5.41, 5.74) is 2.03. The molecule has 19 heavy (non-hydrogen) atoms. The van der Waals surface area contributed by atoms with Crippen LogP contribution in [0.25, 0.3) is 0 Å². The Morgan fingerprint density at radius 2 is 1.58 bits per heavy atom. The Balaban J connectivity index is 2.27. The monoisotopic (exact) mass is 251 g/mol. The van der Waals surface area contributed by atoms with Crippen molar-refractivity contribution < 1.29 is 4.79 Å². The van der Waals surface area contributed by atoms with E-state index in [1.807, 2.05) is 67.6 Å². The third-order valence-corrected chi connectivity index (χ3v) is 2.83. The number of hydrogen-bond acceptors (Lipinski definition) is 1. The van der Waals surface area contributed by atoms with Crippen LogP contribution < -0.4 is 4.90 Å². The second-order valence-electron chi connectivity index (χ2n) is 4.25. The zero-order chi connectivity index (χ0) is 13.5. The van der Waals surface area contributed by atoms with E-state index in [-0.39, 0.29) is 5.91 Å². The van der Waals surface area contributed by atoms with E-state index in [1.165, 1.54) is 0 Å². The highest BCUT2D eigenvalue weighted by atomic mass is 16.2. The van der Waals surface area contributed by atoms with Crippen molar-refractivity contribution in [3.63, 3.8) is 0 Å². The van der Waals surface area contributed by atoms with Crippen LogP contribution in [0.3, 0.4) is 0 Å². The topological polar surface area (TPSA) is 20.3 Å². The van der Waals surface area contributed by atoms with Gasteiger partial charge in [-0.3, -0.25) is 4.79 Å². The van der Waals surface area contributed by atoms with Gasteiger partial charge in [-0.1, -0.05) is 54.6 Å². The molecule has 0 aliphatic rings. The van der Waals surface area contributed by atoms with Gasteiger partial charge in [-0.05, 0) is 30.7 Å². The molecule has 2 aromatic rings. The van der Waals surface area contributed by atoms with E-state index in [9.17, 15) is 4.79 Å². The summed E-state index contributed by atoms with van der Waals surface area (Å²) in [5.74, 6) is -0.00227. The van der Waals surface area contributed by atoms with Crippen molar-refractivity contribution in [1.82, 2.24) is 0 Å². The first-order valence-electron chi connectivity index (χ1n) is 6.34. The van der Waals surface area contributed by atoms with Gasteiger partial charge in [0.1, 0.15) is 0 Å². The van der Waals surface area contributed by atoms with Crippen LogP contribution in [0.1, 0.15) is 12.5 Å². The highest BCUT2D eigenvalue weighted by Gasteiger charge is 2.12. The van der Waals surface area contributed by atoms with Crippen molar-refractivity contribution in [1.29, 1.82) is 0 Å². The van der Waals surface area contributed by atoms with Crippen LogP contribution in [-0.4, -0.2) is 5.91 Å². The van der Waals surface area contributed by atoms with Gasteiger partial charge in [0, 0.05) is 5.69 Å². The average molecular weight is 251 g/mol. The van der Waals surface area contributed by atoms with Gasteiger partial charge in [-0.25, -0.2) is 0 Å². The van der Waals surface area contributed by atoms with E-state index in [2.05, 4.69) is 0 Å². The smallest absolute Gasteiger partial charge is 0.250 e. The zero-order valence-electron chi connectivity index (χ0n) is 11.0. The van der Waals surface area contributed by atoms with Crippen LogP contribution in [0.2, 0.25) is 0 Å². The number of nitrogens with zero attached hydrogens (tertiary/aromatic N) is 1. The summed E-state index contributed by atoms with van der Waals surface area (Å²) in [7, 11) is 0. The number of amides is 1. The summed E-state index contributed by atoms with van der Waals surface area (Å²) in [6.45, 7) is 2.43. The van der Waals surface area contributed by atoms with Gasteiger partial charge in [0.25, 0.3) is 5.91 Å². The Hall–Kier alpha value is -2.35. The summed E-state index contributed by atoms with van der Waals surface area (Å²) < 4.78 is 0. The zero-order valence-corrected chi connectivity index (χ0v) is 11.0. The number of carbonyl (C=O) groups is 1. The maximum absolute atomic E-state index is 12.2. The molecule has 0 spiro atoms. The molecule has 0 radical (unpaired) electrons. The summed E-state index contributed by atoms with van der Waals surface area (Å²) in [6.07, 6.45) is 3.36. The minimum absolute atomic E-state index is 0.00227. The first-order valence-corrected chi connectivity index (χ1v) is 6.34. The van der Waals surface area contributed by atoms with Crippen molar-refractivity contribution in [2.24, 2.45) is 0 Å². The fourth-order valence-corrected chi connectivity index (χ4v) is 1.90. The van der Waals surface area contributed by atoms with Crippen LogP contribution in [0.5, 0.6) is 0 Å². The van der Waals surface area contributed by atoms with E-state index in [1.54, 1.807) is 17.1 Å². The maximum Gasteiger partial charge on any atom is 0.250 e. The molecular formula is C17H17NO. The Labute approximate surface area is 114 Å². The van der Waals surface area contributed by atoms with Crippen LogP contribution in [0, 0.1) is 0 Å². The molecule has 0 fully saturated rings. The molecule has 0 heterocycles. The van der Waals surface area contributed by atoms with Crippen molar-refractivity contribution in [2.75, 3.05) is 4.90 Å². The molecular weight excluding hydrogens is 234 g/mol. The normalized spacial score (nSPS) is 10.6. The summed E-state index contributed by atoms with van der Waals surface area (Å²) in [6, 6.07) is 19.7. The lowest BCUT2D eigenvalue weighted by atomic mass is 10.2. The summed E-state index contributed by atoms with van der Waals surface area (Å²) in [5, 5.41) is 0.